The molecule has 1 saturated carbocycles. The van der Waals surface area contributed by atoms with Gasteiger partial charge in [-0.3, -0.25) is 0 Å². The van der Waals surface area contributed by atoms with E-state index in [0.29, 0.717) is 0 Å². The van der Waals surface area contributed by atoms with Gasteiger partial charge in [0, 0.05) is 19.8 Å². The number of nitrogens with one attached hydrogen (secondary N) is 1. The fraction of sp³-hybridized carbons (Fsp3) is 0.625. The minimum atomic E-state index is 0.910. The summed E-state index contributed by atoms with van der Waals surface area (Å²) in [6.45, 7) is 0. The van der Waals surface area contributed by atoms with Gasteiger partial charge >= 0.3 is 0 Å². The third-order valence-electron chi connectivity index (χ3n) is 2.30. The Labute approximate surface area is 63.0 Å². The topological polar surface area (TPSA) is 15.8 Å². The molecule has 0 aromatic carbocycles. The fourth-order valence-corrected chi connectivity index (χ4v) is 2.61. The Hall–Kier alpha value is -0.290. The van der Waals surface area contributed by atoms with Crippen LogP contribution >= 0.6 is 8.35 Å². The maximum Gasteiger partial charge on any atom is 0.0142 e. The van der Waals surface area contributed by atoms with Crippen LogP contribution in [0.5, 0.6) is 0 Å². The quantitative estimate of drug-likeness (QED) is 0.637. The third kappa shape index (κ3) is 1.11. The summed E-state index contributed by atoms with van der Waals surface area (Å²) in [6.07, 6.45) is 7.80. The molecule has 1 N–H and O–H groups in total. The SMILES string of the molecule is c1cc(C2CCCC2)p[nH]1. The Kier molecular flexibility index (Phi) is 1.77. The Morgan fingerprint density at radius 2 is 2.20 bits per heavy atom. The molecule has 2 heteroatoms. The van der Waals surface area contributed by atoms with E-state index in [9.17, 15) is 0 Å². The second-order valence-electron chi connectivity index (χ2n) is 2.98. The summed E-state index contributed by atoms with van der Waals surface area (Å²) in [6, 6.07) is 2.25. The summed E-state index contributed by atoms with van der Waals surface area (Å²) in [5, 5.41) is 1.61. The average molecular weight is 153 g/mol. The summed E-state index contributed by atoms with van der Waals surface area (Å²) in [4.78, 5) is 0. The van der Waals surface area contributed by atoms with Crippen molar-refractivity contribution >= 4 is 8.35 Å². The van der Waals surface area contributed by atoms with Crippen LogP contribution in [0.2, 0.25) is 0 Å². The zero-order valence-electron chi connectivity index (χ0n) is 6.01. The van der Waals surface area contributed by atoms with Crippen molar-refractivity contribution in [2.45, 2.75) is 31.6 Å². The molecular weight excluding hydrogens is 141 g/mol. The lowest BCUT2D eigenvalue weighted by Crippen LogP contribution is -1.84. The molecule has 0 saturated heterocycles. The molecule has 10 heavy (non-hydrogen) atoms. The molecule has 1 nitrogen and oxygen atoms in total. The van der Waals surface area contributed by atoms with E-state index in [4.69, 9.17) is 0 Å². The Balaban J connectivity index is 2.12. The van der Waals surface area contributed by atoms with Gasteiger partial charge in [0.15, 0.2) is 0 Å². The minimum absolute atomic E-state index is 0.910. The highest BCUT2D eigenvalue weighted by molar-refractivity contribution is 7.26. The van der Waals surface area contributed by atoms with Crippen molar-refractivity contribution in [1.29, 1.82) is 0 Å². The molecule has 1 fully saturated rings. The van der Waals surface area contributed by atoms with Crippen LogP contribution in [0.15, 0.2) is 12.3 Å². The van der Waals surface area contributed by atoms with Gasteiger partial charge in [-0.05, 0) is 24.8 Å². The fourth-order valence-electron chi connectivity index (χ4n) is 1.72. The van der Waals surface area contributed by atoms with Crippen molar-refractivity contribution in [3.63, 3.8) is 0 Å². The van der Waals surface area contributed by atoms with Crippen LogP contribution in [-0.4, -0.2) is 4.75 Å². The first-order valence-corrected chi connectivity index (χ1v) is 4.86. The monoisotopic (exact) mass is 153 g/mol. The molecule has 2 rings (SSSR count). The molecule has 0 radical (unpaired) electrons. The van der Waals surface area contributed by atoms with Crippen LogP contribution in [0.3, 0.4) is 0 Å². The highest BCUT2D eigenvalue weighted by atomic mass is 31.0. The normalized spacial score (nSPS) is 20.8. The predicted molar refractivity (Wildman–Crippen MR) is 44.5 cm³/mol. The van der Waals surface area contributed by atoms with Crippen molar-refractivity contribution in [3.05, 3.63) is 17.6 Å². The van der Waals surface area contributed by atoms with Crippen molar-refractivity contribution in [2.24, 2.45) is 0 Å². The Morgan fingerprint density at radius 3 is 2.80 bits per heavy atom. The Morgan fingerprint density at radius 1 is 1.40 bits per heavy atom. The lowest BCUT2D eigenvalue weighted by Gasteiger charge is -2.02. The van der Waals surface area contributed by atoms with Gasteiger partial charge in [0.25, 0.3) is 0 Å². The number of aromatic nitrogens is 1. The van der Waals surface area contributed by atoms with E-state index in [-0.39, 0.29) is 0 Å². The molecule has 0 unspecified atom stereocenters. The van der Waals surface area contributed by atoms with Gasteiger partial charge in [0.2, 0.25) is 0 Å². The van der Waals surface area contributed by atoms with Crippen molar-refractivity contribution in [1.82, 2.24) is 4.75 Å². The van der Waals surface area contributed by atoms with Crippen LogP contribution in [0.4, 0.5) is 0 Å². The molecule has 0 aliphatic heterocycles. The van der Waals surface area contributed by atoms with E-state index >= 15 is 0 Å². The summed E-state index contributed by atoms with van der Waals surface area (Å²) in [5.41, 5.74) is 0. The van der Waals surface area contributed by atoms with E-state index in [1.54, 1.807) is 5.30 Å². The maximum absolute atomic E-state index is 3.20. The van der Waals surface area contributed by atoms with E-state index in [1.165, 1.54) is 34.0 Å². The van der Waals surface area contributed by atoms with Crippen LogP contribution < -0.4 is 0 Å². The molecule has 1 aromatic rings. The minimum Gasteiger partial charge on any atom is -0.344 e. The number of aromatic amines is 1. The van der Waals surface area contributed by atoms with Gasteiger partial charge in [-0.25, -0.2) is 0 Å². The largest absolute Gasteiger partial charge is 0.344 e. The zero-order valence-corrected chi connectivity index (χ0v) is 6.90. The molecule has 0 spiro atoms. The van der Waals surface area contributed by atoms with E-state index in [1.807, 2.05) is 0 Å². The maximum atomic E-state index is 3.20. The average Bonchev–Trinajstić information content (AvgIpc) is 2.59. The van der Waals surface area contributed by atoms with Gasteiger partial charge in [0.1, 0.15) is 0 Å². The van der Waals surface area contributed by atoms with Crippen molar-refractivity contribution < 1.29 is 0 Å². The molecule has 1 aliphatic rings. The number of H-pyrrole nitrogens is 1. The van der Waals surface area contributed by atoms with Gasteiger partial charge < -0.3 is 4.75 Å². The van der Waals surface area contributed by atoms with Crippen molar-refractivity contribution in [2.75, 3.05) is 0 Å². The first kappa shape index (κ1) is 6.42. The smallest absolute Gasteiger partial charge is 0.0142 e. The molecule has 1 aromatic heterocycles. The number of hydrogen-bond donors (Lipinski definition) is 1. The van der Waals surface area contributed by atoms with Gasteiger partial charge in [-0.1, -0.05) is 12.8 Å². The van der Waals surface area contributed by atoms with Crippen LogP contribution in [-0.2, 0) is 0 Å². The first-order chi connectivity index (χ1) is 4.97. The molecule has 0 bridgehead atoms. The van der Waals surface area contributed by atoms with Gasteiger partial charge in [0.05, 0.1) is 0 Å². The van der Waals surface area contributed by atoms with E-state index < -0.39 is 0 Å². The second-order valence-corrected chi connectivity index (χ2v) is 3.98. The molecule has 0 amide bonds. The van der Waals surface area contributed by atoms with E-state index in [0.717, 1.165) is 5.92 Å². The molecule has 1 heterocycles. The number of hydrogen-bond acceptors (Lipinski definition) is 0. The zero-order chi connectivity index (χ0) is 6.81. The van der Waals surface area contributed by atoms with Crippen LogP contribution in [0.1, 0.15) is 36.9 Å². The number of rotatable bonds is 1. The van der Waals surface area contributed by atoms with Crippen molar-refractivity contribution in [3.8, 4) is 0 Å². The summed E-state index contributed by atoms with van der Waals surface area (Å²) >= 11 is 0. The van der Waals surface area contributed by atoms with Crippen LogP contribution in [0.25, 0.3) is 0 Å². The molecule has 1 aliphatic carbocycles. The lowest BCUT2D eigenvalue weighted by molar-refractivity contribution is 0.738. The second kappa shape index (κ2) is 2.75. The third-order valence-corrected chi connectivity index (χ3v) is 3.35. The molecule has 54 valence electrons. The Bertz CT molecular complexity index is 187. The summed E-state index contributed by atoms with van der Waals surface area (Å²) < 4.78 is 3.20. The van der Waals surface area contributed by atoms with Gasteiger partial charge in [-0.2, -0.15) is 0 Å². The standard InChI is InChI=1S/C8H12NP/c1-2-4-7(3-1)8-5-6-9-10-8/h5-7,9H,1-4H2. The highest BCUT2D eigenvalue weighted by Crippen LogP contribution is 2.36. The summed E-state index contributed by atoms with van der Waals surface area (Å²) in [5.74, 6) is 0.910. The molecule has 0 atom stereocenters. The summed E-state index contributed by atoms with van der Waals surface area (Å²) in [7, 11) is 1.34. The molecular formula is C8H12NP. The lowest BCUT2D eigenvalue weighted by atomic mass is 10.1. The predicted octanol–water partition coefficient (Wildman–Crippen LogP) is 3.25. The first-order valence-electron chi connectivity index (χ1n) is 3.96. The van der Waals surface area contributed by atoms with E-state index in [2.05, 4.69) is 17.0 Å². The van der Waals surface area contributed by atoms with Crippen LogP contribution in [0, 0.1) is 0 Å². The highest BCUT2D eigenvalue weighted by Gasteiger charge is 2.16. The van der Waals surface area contributed by atoms with Gasteiger partial charge in [-0.15, -0.1) is 0 Å².